The molecule has 18 heavy (non-hydrogen) atoms. The van der Waals surface area contributed by atoms with Gasteiger partial charge in [-0.3, -0.25) is 0 Å². The molecule has 0 bridgehead atoms. The van der Waals surface area contributed by atoms with Crippen LogP contribution in [0.4, 0.5) is 9.59 Å². The van der Waals surface area contributed by atoms with Crippen LogP contribution in [0.5, 0.6) is 0 Å². The summed E-state index contributed by atoms with van der Waals surface area (Å²) >= 11 is 0. The molecule has 2 amide bonds. The summed E-state index contributed by atoms with van der Waals surface area (Å²) < 4.78 is 9.52. The summed E-state index contributed by atoms with van der Waals surface area (Å²) in [5, 5.41) is 10.2. The number of amides is 2. The maximum Gasteiger partial charge on any atom is 0.429 e. The van der Waals surface area contributed by atoms with E-state index in [2.05, 4.69) is 5.43 Å². The predicted molar refractivity (Wildman–Crippen MR) is 64.7 cm³/mol. The molecule has 1 atom stereocenters. The van der Waals surface area contributed by atoms with Gasteiger partial charge in [-0.15, -0.1) is 0 Å². The minimum absolute atomic E-state index is 0.0543. The fourth-order valence-corrected chi connectivity index (χ4v) is 1.31. The van der Waals surface area contributed by atoms with Crippen LogP contribution in [0.2, 0.25) is 0 Å². The first-order valence-corrected chi connectivity index (χ1v) is 5.98. The average Bonchev–Trinajstić information content (AvgIpc) is 2.28. The molecule has 0 saturated heterocycles. The Morgan fingerprint density at radius 3 is 2.17 bits per heavy atom. The smallest absolute Gasteiger partial charge is 0.429 e. The molecule has 0 aliphatic rings. The molecule has 0 aromatic rings. The van der Waals surface area contributed by atoms with Crippen molar-refractivity contribution in [3.05, 3.63) is 0 Å². The molecule has 106 valence electrons. The van der Waals surface area contributed by atoms with Gasteiger partial charge in [-0.1, -0.05) is 13.8 Å². The molecular weight excluding hydrogens is 240 g/mol. The molecule has 0 aliphatic carbocycles. The molecule has 2 N–H and O–H groups in total. The topological polar surface area (TPSA) is 88.1 Å². The lowest BCUT2D eigenvalue weighted by Gasteiger charge is -2.31. The summed E-state index contributed by atoms with van der Waals surface area (Å²) in [6.07, 6.45) is -1.48. The van der Waals surface area contributed by atoms with E-state index >= 15 is 0 Å². The van der Waals surface area contributed by atoms with E-state index in [0.717, 1.165) is 5.01 Å². The summed E-state index contributed by atoms with van der Waals surface area (Å²) in [5.41, 5.74) is 2.27. The third-order valence-corrected chi connectivity index (χ3v) is 2.24. The largest absolute Gasteiger partial charge is 0.449 e. The van der Waals surface area contributed by atoms with Gasteiger partial charge >= 0.3 is 12.2 Å². The highest BCUT2D eigenvalue weighted by atomic mass is 16.6. The van der Waals surface area contributed by atoms with Crippen molar-refractivity contribution in [1.82, 2.24) is 10.4 Å². The second-order valence-electron chi connectivity index (χ2n) is 3.90. The number of nitrogens with one attached hydrogen (secondary N) is 1. The van der Waals surface area contributed by atoms with Gasteiger partial charge in [0.05, 0.1) is 25.9 Å². The molecule has 0 heterocycles. The van der Waals surface area contributed by atoms with Crippen LogP contribution in [-0.2, 0) is 9.47 Å². The van der Waals surface area contributed by atoms with Crippen LogP contribution < -0.4 is 5.43 Å². The number of carbonyl (C=O) groups is 2. The van der Waals surface area contributed by atoms with Gasteiger partial charge in [-0.25, -0.2) is 20.0 Å². The molecule has 7 heteroatoms. The maximum absolute atomic E-state index is 11.7. The minimum Gasteiger partial charge on any atom is -0.449 e. The fourth-order valence-electron chi connectivity index (χ4n) is 1.31. The zero-order valence-electron chi connectivity index (χ0n) is 11.3. The van der Waals surface area contributed by atoms with Crippen molar-refractivity contribution in [3.63, 3.8) is 0 Å². The Hall–Kier alpha value is -1.50. The number of hydrogen-bond acceptors (Lipinski definition) is 5. The van der Waals surface area contributed by atoms with Crippen molar-refractivity contribution in [2.24, 2.45) is 5.92 Å². The Balaban J connectivity index is 4.80. The summed E-state index contributed by atoms with van der Waals surface area (Å²) in [6.45, 7) is 7.02. The molecule has 0 fully saturated rings. The predicted octanol–water partition coefficient (Wildman–Crippen LogP) is 1.12. The zero-order chi connectivity index (χ0) is 14.1. The van der Waals surface area contributed by atoms with Crippen molar-refractivity contribution >= 4 is 12.2 Å². The Bertz CT molecular complexity index is 270. The number of rotatable bonds is 5. The van der Waals surface area contributed by atoms with Crippen molar-refractivity contribution < 1.29 is 24.2 Å². The standard InChI is InChI=1S/C11H22N2O5/c1-5-17-10(15)12-13(11(16)18-6-2)9(7-14)8(3)4/h8-9,14H,5-7H2,1-4H3,(H,12,15)/t9-/m1/s1. The molecule has 0 unspecified atom stereocenters. The number of hydrazine groups is 1. The van der Waals surface area contributed by atoms with Gasteiger partial charge in [0.1, 0.15) is 0 Å². The average molecular weight is 262 g/mol. The molecule has 0 saturated carbocycles. The van der Waals surface area contributed by atoms with Gasteiger partial charge in [0.2, 0.25) is 0 Å². The van der Waals surface area contributed by atoms with E-state index in [1.54, 1.807) is 13.8 Å². The highest BCUT2D eigenvalue weighted by molar-refractivity contribution is 5.74. The van der Waals surface area contributed by atoms with Gasteiger partial charge in [-0.05, 0) is 19.8 Å². The number of nitrogens with zero attached hydrogens (tertiary/aromatic N) is 1. The molecule has 0 aromatic carbocycles. The van der Waals surface area contributed by atoms with Gasteiger partial charge in [0.25, 0.3) is 0 Å². The fraction of sp³-hybridized carbons (Fsp3) is 0.818. The number of ether oxygens (including phenoxy) is 2. The number of aliphatic hydroxyl groups excluding tert-OH is 1. The summed E-state index contributed by atoms with van der Waals surface area (Å²) in [6, 6.07) is -0.576. The van der Waals surface area contributed by atoms with Crippen LogP contribution in [0.25, 0.3) is 0 Å². The highest BCUT2D eigenvalue weighted by Crippen LogP contribution is 2.10. The van der Waals surface area contributed by atoms with Gasteiger partial charge in [-0.2, -0.15) is 0 Å². The van der Waals surface area contributed by atoms with Crippen molar-refractivity contribution in [2.45, 2.75) is 33.7 Å². The van der Waals surface area contributed by atoms with E-state index in [0.29, 0.717) is 0 Å². The monoisotopic (exact) mass is 262 g/mol. The summed E-state index contributed by atoms with van der Waals surface area (Å²) in [4.78, 5) is 23.1. The minimum atomic E-state index is -0.760. The molecule has 0 rings (SSSR count). The van der Waals surface area contributed by atoms with Crippen LogP contribution in [0, 0.1) is 5.92 Å². The first-order chi connectivity index (χ1) is 8.47. The quantitative estimate of drug-likeness (QED) is 0.725. The number of hydrogen-bond donors (Lipinski definition) is 2. The molecule has 0 aliphatic heterocycles. The van der Waals surface area contributed by atoms with E-state index in [1.165, 1.54) is 0 Å². The number of aliphatic hydroxyl groups is 1. The van der Waals surface area contributed by atoms with Gasteiger partial charge in [0, 0.05) is 0 Å². The van der Waals surface area contributed by atoms with Crippen molar-refractivity contribution in [1.29, 1.82) is 0 Å². The normalized spacial score (nSPS) is 11.9. The Morgan fingerprint density at radius 2 is 1.78 bits per heavy atom. The van der Waals surface area contributed by atoms with E-state index in [1.807, 2.05) is 13.8 Å². The zero-order valence-corrected chi connectivity index (χ0v) is 11.3. The Labute approximate surface area is 107 Å². The summed E-state index contributed by atoms with van der Waals surface area (Å²) in [5.74, 6) is -0.0543. The second kappa shape index (κ2) is 8.57. The molecule has 7 nitrogen and oxygen atoms in total. The van der Waals surface area contributed by atoms with E-state index in [4.69, 9.17) is 9.47 Å². The maximum atomic E-state index is 11.7. The molecule has 0 spiro atoms. The highest BCUT2D eigenvalue weighted by Gasteiger charge is 2.29. The Kier molecular flexibility index (Phi) is 7.86. The first kappa shape index (κ1) is 16.5. The van der Waals surface area contributed by atoms with Crippen LogP contribution >= 0.6 is 0 Å². The van der Waals surface area contributed by atoms with Crippen LogP contribution in [0.15, 0.2) is 0 Å². The second-order valence-corrected chi connectivity index (χ2v) is 3.90. The third kappa shape index (κ3) is 5.22. The molecular formula is C11H22N2O5. The number of carbonyl (C=O) groups excluding carboxylic acids is 2. The summed E-state index contributed by atoms with van der Waals surface area (Å²) in [7, 11) is 0. The lowest BCUT2D eigenvalue weighted by Crippen LogP contribution is -2.55. The van der Waals surface area contributed by atoms with Crippen LogP contribution in [0.1, 0.15) is 27.7 Å². The SMILES string of the molecule is CCOC(=O)NN(C(=O)OCC)[C@H](CO)C(C)C. The Morgan fingerprint density at radius 1 is 1.22 bits per heavy atom. The first-order valence-electron chi connectivity index (χ1n) is 5.98. The van der Waals surface area contributed by atoms with Gasteiger partial charge in [0.15, 0.2) is 0 Å². The lowest BCUT2D eigenvalue weighted by molar-refractivity contribution is 0.0261. The molecule has 0 aromatic heterocycles. The van der Waals surface area contributed by atoms with E-state index in [-0.39, 0.29) is 25.7 Å². The van der Waals surface area contributed by atoms with E-state index < -0.39 is 18.2 Å². The van der Waals surface area contributed by atoms with Crippen molar-refractivity contribution in [2.75, 3.05) is 19.8 Å². The molecule has 0 radical (unpaired) electrons. The van der Waals surface area contributed by atoms with Gasteiger partial charge < -0.3 is 14.6 Å². The van der Waals surface area contributed by atoms with Crippen LogP contribution in [0.3, 0.4) is 0 Å². The van der Waals surface area contributed by atoms with Crippen molar-refractivity contribution in [3.8, 4) is 0 Å². The third-order valence-electron chi connectivity index (χ3n) is 2.24. The van der Waals surface area contributed by atoms with E-state index in [9.17, 15) is 14.7 Å². The van der Waals surface area contributed by atoms with Crippen LogP contribution in [-0.4, -0.2) is 48.2 Å². The lowest BCUT2D eigenvalue weighted by atomic mass is 10.1.